The van der Waals surface area contributed by atoms with Crippen molar-refractivity contribution in [3.63, 3.8) is 0 Å². The Bertz CT molecular complexity index is 609. The standard InChI is InChI=1S/C15H16N2O2/c1-10-4-7-13(8-5-10)12(3)16-17-15(18)14-9-6-11(2)19-14/h4-9H,1-3H3,(H,17,18)/b16-12+. The molecule has 2 rings (SSSR count). The molecule has 4 heteroatoms. The molecule has 0 aliphatic carbocycles. The van der Waals surface area contributed by atoms with Gasteiger partial charge in [0.15, 0.2) is 5.76 Å². The molecule has 1 aromatic heterocycles. The molecule has 0 fully saturated rings. The number of carbonyl (C=O) groups excluding carboxylic acids is 1. The minimum Gasteiger partial charge on any atom is -0.456 e. The van der Waals surface area contributed by atoms with Gasteiger partial charge < -0.3 is 4.42 Å². The summed E-state index contributed by atoms with van der Waals surface area (Å²) in [6, 6.07) is 11.3. The van der Waals surface area contributed by atoms with Gasteiger partial charge in [-0.15, -0.1) is 0 Å². The molecule has 1 aromatic carbocycles. The number of nitrogens with zero attached hydrogens (tertiary/aromatic N) is 1. The first kappa shape index (κ1) is 13.1. The maximum absolute atomic E-state index is 11.7. The van der Waals surface area contributed by atoms with E-state index in [0.717, 1.165) is 11.3 Å². The number of aryl methyl sites for hydroxylation is 2. The van der Waals surface area contributed by atoms with Gasteiger partial charge in [-0.05, 0) is 38.5 Å². The summed E-state index contributed by atoms with van der Waals surface area (Å²) in [5, 5.41) is 4.07. The molecule has 98 valence electrons. The largest absolute Gasteiger partial charge is 0.456 e. The summed E-state index contributed by atoms with van der Waals surface area (Å²) in [6.07, 6.45) is 0. The van der Waals surface area contributed by atoms with E-state index in [0.29, 0.717) is 5.76 Å². The summed E-state index contributed by atoms with van der Waals surface area (Å²) in [4.78, 5) is 11.7. The highest BCUT2D eigenvalue weighted by atomic mass is 16.3. The predicted octanol–water partition coefficient (Wildman–Crippen LogP) is 3.05. The fourth-order valence-electron chi connectivity index (χ4n) is 1.61. The lowest BCUT2D eigenvalue weighted by molar-refractivity contribution is 0.0926. The molecular formula is C15H16N2O2. The minimum absolute atomic E-state index is 0.262. The molecule has 0 aliphatic heterocycles. The Morgan fingerprint density at radius 3 is 2.37 bits per heavy atom. The third-order valence-corrected chi connectivity index (χ3v) is 2.76. The van der Waals surface area contributed by atoms with E-state index in [1.165, 1.54) is 5.56 Å². The highest BCUT2D eigenvalue weighted by molar-refractivity contribution is 6.00. The van der Waals surface area contributed by atoms with E-state index < -0.39 is 0 Å². The summed E-state index contributed by atoms with van der Waals surface area (Å²) < 4.78 is 5.22. The van der Waals surface area contributed by atoms with Gasteiger partial charge in [0.25, 0.3) is 0 Å². The molecule has 0 bridgehead atoms. The molecule has 0 spiro atoms. The maximum Gasteiger partial charge on any atom is 0.307 e. The molecule has 0 saturated heterocycles. The van der Waals surface area contributed by atoms with Crippen LogP contribution in [0.1, 0.15) is 34.4 Å². The number of carbonyl (C=O) groups is 1. The van der Waals surface area contributed by atoms with Crippen molar-refractivity contribution in [2.45, 2.75) is 20.8 Å². The number of hydrazone groups is 1. The van der Waals surface area contributed by atoms with Gasteiger partial charge in [-0.2, -0.15) is 5.10 Å². The van der Waals surface area contributed by atoms with Gasteiger partial charge >= 0.3 is 5.91 Å². The summed E-state index contributed by atoms with van der Waals surface area (Å²) >= 11 is 0. The van der Waals surface area contributed by atoms with Gasteiger partial charge in [-0.1, -0.05) is 29.8 Å². The number of hydrogen-bond donors (Lipinski definition) is 1. The Labute approximate surface area is 112 Å². The van der Waals surface area contributed by atoms with Crippen molar-refractivity contribution in [1.82, 2.24) is 5.43 Å². The Hall–Kier alpha value is -2.36. The van der Waals surface area contributed by atoms with Crippen LogP contribution in [0, 0.1) is 13.8 Å². The van der Waals surface area contributed by atoms with Crippen LogP contribution in [-0.2, 0) is 0 Å². The third-order valence-electron chi connectivity index (χ3n) is 2.76. The van der Waals surface area contributed by atoms with Crippen LogP contribution in [-0.4, -0.2) is 11.6 Å². The van der Waals surface area contributed by atoms with Gasteiger partial charge in [-0.3, -0.25) is 4.79 Å². The second-order valence-corrected chi connectivity index (χ2v) is 4.41. The zero-order valence-electron chi connectivity index (χ0n) is 11.2. The SMILES string of the molecule is C/C(=N\NC(=O)c1ccc(C)o1)c1ccc(C)cc1. The number of furan rings is 1. The first-order valence-corrected chi connectivity index (χ1v) is 6.04. The number of hydrogen-bond acceptors (Lipinski definition) is 3. The normalized spacial score (nSPS) is 11.4. The van der Waals surface area contributed by atoms with Crippen molar-refractivity contribution in [3.8, 4) is 0 Å². The van der Waals surface area contributed by atoms with Crippen LogP contribution in [0.2, 0.25) is 0 Å². The Morgan fingerprint density at radius 1 is 1.11 bits per heavy atom. The van der Waals surface area contributed by atoms with Crippen molar-refractivity contribution >= 4 is 11.6 Å². The van der Waals surface area contributed by atoms with Gasteiger partial charge in [0, 0.05) is 0 Å². The summed E-state index contributed by atoms with van der Waals surface area (Å²) in [7, 11) is 0. The molecule has 1 amide bonds. The molecular weight excluding hydrogens is 240 g/mol. The minimum atomic E-state index is -0.348. The van der Waals surface area contributed by atoms with Crippen molar-refractivity contribution in [1.29, 1.82) is 0 Å². The van der Waals surface area contributed by atoms with E-state index in [1.807, 2.05) is 38.1 Å². The number of rotatable bonds is 3. The highest BCUT2D eigenvalue weighted by Gasteiger charge is 2.08. The van der Waals surface area contributed by atoms with Crippen LogP contribution < -0.4 is 5.43 Å². The fraction of sp³-hybridized carbons (Fsp3) is 0.200. The molecule has 2 aromatic rings. The molecule has 0 radical (unpaired) electrons. The molecule has 0 aliphatic rings. The van der Waals surface area contributed by atoms with Crippen molar-refractivity contribution in [2.24, 2.45) is 5.10 Å². The molecule has 1 N–H and O–H groups in total. The average molecular weight is 256 g/mol. The number of benzene rings is 1. The molecule has 0 unspecified atom stereocenters. The average Bonchev–Trinajstić information content (AvgIpc) is 2.83. The van der Waals surface area contributed by atoms with E-state index in [-0.39, 0.29) is 11.7 Å². The second-order valence-electron chi connectivity index (χ2n) is 4.41. The quantitative estimate of drug-likeness (QED) is 0.677. The monoisotopic (exact) mass is 256 g/mol. The van der Waals surface area contributed by atoms with Gasteiger partial charge in [0.1, 0.15) is 5.76 Å². The van der Waals surface area contributed by atoms with Crippen LogP contribution >= 0.6 is 0 Å². The summed E-state index contributed by atoms with van der Waals surface area (Å²) in [5.74, 6) is 0.613. The topological polar surface area (TPSA) is 54.6 Å². The van der Waals surface area contributed by atoms with Gasteiger partial charge in [0.2, 0.25) is 0 Å². The van der Waals surface area contributed by atoms with Gasteiger partial charge in [0.05, 0.1) is 5.71 Å². The Balaban J connectivity index is 2.06. The highest BCUT2D eigenvalue weighted by Crippen LogP contribution is 2.07. The number of amides is 1. The number of nitrogens with one attached hydrogen (secondary N) is 1. The molecule has 1 heterocycles. The predicted molar refractivity (Wildman–Crippen MR) is 74.3 cm³/mol. The van der Waals surface area contributed by atoms with E-state index >= 15 is 0 Å². The van der Waals surface area contributed by atoms with Crippen LogP contribution in [0.3, 0.4) is 0 Å². The first-order valence-electron chi connectivity index (χ1n) is 6.04. The molecule has 4 nitrogen and oxygen atoms in total. The second kappa shape index (κ2) is 5.52. The maximum atomic E-state index is 11.7. The lowest BCUT2D eigenvalue weighted by atomic mass is 10.1. The summed E-state index contributed by atoms with van der Waals surface area (Å²) in [5.41, 5.74) is 5.39. The van der Waals surface area contributed by atoms with E-state index in [9.17, 15) is 4.79 Å². The van der Waals surface area contributed by atoms with E-state index in [4.69, 9.17) is 4.42 Å². The Kier molecular flexibility index (Phi) is 3.80. The van der Waals surface area contributed by atoms with Gasteiger partial charge in [-0.25, -0.2) is 5.43 Å². The summed E-state index contributed by atoms with van der Waals surface area (Å²) in [6.45, 7) is 5.66. The van der Waals surface area contributed by atoms with Crippen molar-refractivity contribution in [3.05, 3.63) is 59.0 Å². The van der Waals surface area contributed by atoms with E-state index in [1.54, 1.807) is 19.1 Å². The van der Waals surface area contributed by atoms with Crippen LogP contribution in [0.25, 0.3) is 0 Å². The third kappa shape index (κ3) is 3.31. The van der Waals surface area contributed by atoms with E-state index in [2.05, 4.69) is 10.5 Å². The lowest BCUT2D eigenvalue weighted by Crippen LogP contribution is -2.18. The van der Waals surface area contributed by atoms with Crippen LogP contribution in [0.5, 0.6) is 0 Å². The van der Waals surface area contributed by atoms with Crippen LogP contribution in [0.15, 0.2) is 45.9 Å². The first-order chi connectivity index (χ1) is 9.06. The smallest absolute Gasteiger partial charge is 0.307 e. The molecule has 19 heavy (non-hydrogen) atoms. The lowest BCUT2D eigenvalue weighted by Gasteiger charge is -2.02. The molecule has 0 atom stereocenters. The van der Waals surface area contributed by atoms with Crippen molar-refractivity contribution in [2.75, 3.05) is 0 Å². The molecule has 0 saturated carbocycles. The zero-order valence-corrected chi connectivity index (χ0v) is 11.2. The van der Waals surface area contributed by atoms with Crippen LogP contribution in [0.4, 0.5) is 0 Å². The Morgan fingerprint density at radius 2 is 1.79 bits per heavy atom. The fourth-order valence-corrected chi connectivity index (χ4v) is 1.61. The van der Waals surface area contributed by atoms with Crippen molar-refractivity contribution < 1.29 is 9.21 Å². The zero-order chi connectivity index (χ0) is 13.8.